The molecule has 138 valence electrons. The van der Waals surface area contributed by atoms with E-state index in [1.807, 2.05) is 0 Å². The van der Waals surface area contributed by atoms with Gasteiger partial charge in [-0.3, -0.25) is 14.4 Å². The molecule has 0 spiro atoms. The molecule has 9 heteroatoms. The van der Waals surface area contributed by atoms with Gasteiger partial charge in [0.1, 0.15) is 17.9 Å². The third-order valence-electron chi connectivity index (χ3n) is 5.30. The number of fused-ring (bicyclic) bond motifs is 2. The van der Waals surface area contributed by atoms with Gasteiger partial charge in [-0.1, -0.05) is 0 Å². The van der Waals surface area contributed by atoms with Gasteiger partial charge in [0.2, 0.25) is 11.8 Å². The molecule has 1 aromatic carbocycles. The lowest BCUT2D eigenvalue weighted by Crippen LogP contribution is -2.69. The van der Waals surface area contributed by atoms with Crippen LogP contribution in [0.2, 0.25) is 0 Å². The minimum absolute atomic E-state index is 0.0922. The molecule has 0 aromatic heterocycles. The Morgan fingerprint density at radius 2 is 1.54 bits per heavy atom. The number of hydrogen-bond acceptors (Lipinski definition) is 3. The predicted molar refractivity (Wildman–Crippen MR) is 82.5 cm³/mol. The number of benzene rings is 1. The average molecular weight is 367 g/mol. The number of halogens is 3. The van der Waals surface area contributed by atoms with Crippen molar-refractivity contribution in [2.75, 3.05) is 26.2 Å². The number of amides is 3. The quantitative estimate of drug-likeness (QED) is 0.689. The second kappa shape index (κ2) is 6.00. The standard InChI is InChI=1S/C17H16F3N3O3/c18-10-7-12(20)11(19)6-9(10)15(24)21-4-5-23-14(8-21)17(26)22-3-1-2-13(22)16(23)25/h6-7,13-14H,1-5,8H2/t13-,14+/m0/s1. The fraction of sp³-hybridized carbons (Fsp3) is 0.471. The summed E-state index contributed by atoms with van der Waals surface area (Å²) in [6, 6.07) is -0.403. The third kappa shape index (κ3) is 2.45. The van der Waals surface area contributed by atoms with E-state index in [0.717, 1.165) is 6.42 Å². The zero-order chi connectivity index (χ0) is 18.6. The van der Waals surface area contributed by atoms with Crippen LogP contribution in [0.3, 0.4) is 0 Å². The molecule has 3 heterocycles. The van der Waals surface area contributed by atoms with Crippen molar-refractivity contribution in [1.29, 1.82) is 0 Å². The van der Waals surface area contributed by atoms with Crippen molar-refractivity contribution in [2.24, 2.45) is 0 Å². The van der Waals surface area contributed by atoms with Crippen LogP contribution in [0.25, 0.3) is 0 Å². The number of nitrogens with zero attached hydrogens (tertiary/aromatic N) is 3. The first kappa shape index (κ1) is 16.9. The Morgan fingerprint density at radius 1 is 0.885 bits per heavy atom. The first-order chi connectivity index (χ1) is 12.4. The molecule has 3 fully saturated rings. The fourth-order valence-corrected chi connectivity index (χ4v) is 3.97. The Bertz CT molecular complexity index is 816. The summed E-state index contributed by atoms with van der Waals surface area (Å²) in [6.45, 7) is 0.659. The molecule has 3 aliphatic rings. The number of rotatable bonds is 1. The zero-order valence-corrected chi connectivity index (χ0v) is 13.8. The Hall–Kier alpha value is -2.58. The molecule has 6 nitrogen and oxygen atoms in total. The molecule has 2 atom stereocenters. The van der Waals surface area contributed by atoms with Gasteiger partial charge in [-0.15, -0.1) is 0 Å². The van der Waals surface area contributed by atoms with Gasteiger partial charge >= 0.3 is 0 Å². The molecule has 0 aliphatic carbocycles. The SMILES string of the molecule is O=C(c1cc(F)c(F)cc1F)N1CCN2C(=O)[C@@H]3CCCN3C(=O)[C@H]2C1. The predicted octanol–water partition coefficient (Wildman–Crippen LogP) is 0.762. The number of carbonyl (C=O) groups is 3. The summed E-state index contributed by atoms with van der Waals surface area (Å²) in [5, 5.41) is 0. The van der Waals surface area contributed by atoms with E-state index in [4.69, 9.17) is 0 Å². The molecule has 26 heavy (non-hydrogen) atoms. The highest BCUT2D eigenvalue weighted by Gasteiger charge is 2.50. The lowest BCUT2D eigenvalue weighted by Gasteiger charge is -2.47. The lowest BCUT2D eigenvalue weighted by molar-refractivity contribution is -0.162. The summed E-state index contributed by atoms with van der Waals surface area (Å²) in [6.07, 6.45) is 1.39. The average Bonchev–Trinajstić information content (AvgIpc) is 3.12. The Morgan fingerprint density at radius 3 is 2.31 bits per heavy atom. The summed E-state index contributed by atoms with van der Waals surface area (Å²) in [5.41, 5.74) is -0.592. The highest BCUT2D eigenvalue weighted by molar-refractivity contribution is 5.99. The smallest absolute Gasteiger partial charge is 0.257 e. The first-order valence-corrected chi connectivity index (χ1v) is 8.43. The Labute approximate surface area is 147 Å². The van der Waals surface area contributed by atoms with Crippen LogP contribution < -0.4 is 0 Å². The summed E-state index contributed by atoms with van der Waals surface area (Å²) < 4.78 is 40.4. The molecule has 0 radical (unpaired) electrons. The molecule has 4 rings (SSSR count). The van der Waals surface area contributed by atoms with Crippen molar-refractivity contribution >= 4 is 17.7 Å². The van der Waals surface area contributed by atoms with Crippen LogP contribution >= 0.6 is 0 Å². The van der Waals surface area contributed by atoms with Gasteiger partial charge in [-0.25, -0.2) is 13.2 Å². The molecule has 0 saturated carbocycles. The normalized spacial score (nSPS) is 25.4. The van der Waals surface area contributed by atoms with Crippen molar-refractivity contribution < 1.29 is 27.6 Å². The minimum atomic E-state index is -1.38. The number of carbonyl (C=O) groups excluding carboxylic acids is 3. The Balaban J connectivity index is 1.58. The van der Waals surface area contributed by atoms with Crippen molar-refractivity contribution in [3.8, 4) is 0 Å². The van der Waals surface area contributed by atoms with Crippen LogP contribution in [0.5, 0.6) is 0 Å². The lowest BCUT2D eigenvalue weighted by atomic mass is 10.0. The molecule has 3 aliphatic heterocycles. The summed E-state index contributed by atoms with van der Waals surface area (Å²) in [7, 11) is 0. The van der Waals surface area contributed by atoms with Crippen molar-refractivity contribution in [2.45, 2.75) is 24.9 Å². The van der Waals surface area contributed by atoms with E-state index in [0.29, 0.717) is 25.1 Å². The van der Waals surface area contributed by atoms with Crippen molar-refractivity contribution in [3.05, 3.63) is 35.1 Å². The fourth-order valence-electron chi connectivity index (χ4n) is 3.97. The van der Waals surface area contributed by atoms with Gasteiger partial charge in [-0.05, 0) is 18.9 Å². The summed E-state index contributed by atoms with van der Waals surface area (Å²) in [4.78, 5) is 42.0. The highest BCUT2D eigenvalue weighted by atomic mass is 19.2. The maximum Gasteiger partial charge on any atom is 0.257 e. The largest absolute Gasteiger partial charge is 0.334 e. The molecule has 3 saturated heterocycles. The van der Waals surface area contributed by atoms with E-state index in [2.05, 4.69) is 0 Å². The number of hydrogen-bond donors (Lipinski definition) is 0. The van der Waals surface area contributed by atoms with Crippen LogP contribution in [0, 0.1) is 17.5 Å². The molecular weight excluding hydrogens is 351 g/mol. The maximum atomic E-state index is 13.9. The topological polar surface area (TPSA) is 60.9 Å². The van der Waals surface area contributed by atoms with Crippen LogP contribution in [0.1, 0.15) is 23.2 Å². The maximum absolute atomic E-state index is 13.9. The van der Waals surface area contributed by atoms with Crippen LogP contribution in [-0.4, -0.2) is 70.7 Å². The zero-order valence-electron chi connectivity index (χ0n) is 13.8. The third-order valence-corrected chi connectivity index (χ3v) is 5.30. The second-order valence-electron chi connectivity index (χ2n) is 6.73. The Kier molecular flexibility index (Phi) is 3.89. The van der Waals surface area contributed by atoms with Gasteiger partial charge in [-0.2, -0.15) is 0 Å². The monoisotopic (exact) mass is 367 g/mol. The molecule has 0 unspecified atom stereocenters. The molecule has 1 aromatic rings. The van der Waals surface area contributed by atoms with Gasteiger partial charge < -0.3 is 14.7 Å². The van der Waals surface area contributed by atoms with E-state index < -0.39 is 41.0 Å². The first-order valence-electron chi connectivity index (χ1n) is 8.43. The summed E-state index contributed by atoms with van der Waals surface area (Å²) in [5.74, 6) is -5.05. The molecule has 0 bridgehead atoms. The number of piperazine rings is 2. The highest BCUT2D eigenvalue weighted by Crippen LogP contribution is 2.29. The van der Waals surface area contributed by atoms with Crippen LogP contribution in [0.15, 0.2) is 12.1 Å². The van der Waals surface area contributed by atoms with E-state index in [1.165, 1.54) is 14.7 Å². The van der Waals surface area contributed by atoms with E-state index in [1.54, 1.807) is 0 Å². The van der Waals surface area contributed by atoms with Gasteiger partial charge in [0, 0.05) is 25.7 Å². The minimum Gasteiger partial charge on any atom is -0.334 e. The van der Waals surface area contributed by atoms with Crippen LogP contribution in [0.4, 0.5) is 13.2 Å². The molecule has 3 amide bonds. The van der Waals surface area contributed by atoms with Crippen LogP contribution in [-0.2, 0) is 9.59 Å². The van der Waals surface area contributed by atoms with Gasteiger partial charge in [0.25, 0.3) is 5.91 Å². The second-order valence-corrected chi connectivity index (χ2v) is 6.73. The molecule has 0 N–H and O–H groups in total. The van der Waals surface area contributed by atoms with E-state index in [9.17, 15) is 27.6 Å². The van der Waals surface area contributed by atoms with Gasteiger partial charge in [0.05, 0.1) is 12.1 Å². The van der Waals surface area contributed by atoms with Crippen molar-refractivity contribution in [3.63, 3.8) is 0 Å². The molecular formula is C17H16F3N3O3. The van der Waals surface area contributed by atoms with Gasteiger partial charge in [0.15, 0.2) is 11.6 Å². The van der Waals surface area contributed by atoms with E-state index >= 15 is 0 Å². The summed E-state index contributed by atoms with van der Waals surface area (Å²) >= 11 is 0. The van der Waals surface area contributed by atoms with Crippen molar-refractivity contribution in [1.82, 2.24) is 14.7 Å². The van der Waals surface area contributed by atoms with E-state index in [-0.39, 0.29) is 31.4 Å².